The van der Waals surface area contributed by atoms with Crippen LogP contribution in [0.4, 0.5) is 14.5 Å². The summed E-state index contributed by atoms with van der Waals surface area (Å²) in [4.78, 5) is 25.4. The molecule has 0 bridgehead atoms. The Balaban J connectivity index is 1.62. The number of carboxylic acids is 1. The zero-order valence-corrected chi connectivity index (χ0v) is 14.6. The van der Waals surface area contributed by atoms with Crippen LogP contribution in [0.15, 0.2) is 42.5 Å². The van der Waals surface area contributed by atoms with E-state index in [1.165, 1.54) is 0 Å². The van der Waals surface area contributed by atoms with Crippen molar-refractivity contribution in [2.75, 3.05) is 18.4 Å². The summed E-state index contributed by atoms with van der Waals surface area (Å²) in [5.74, 6) is -3.23. The number of rotatable bonds is 5. The third-order valence-electron chi connectivity index (χ3n) is 4.65. The lowest BCUT2D eigenvalue weighted by Crippen LogP contribution is -2.35. The SMILES string of the molecule is O=C(Nc1cccc(CN2CCC(C(=O)O)CC2)c1)c1cc(F)cc(F)c1. The van der Waals surface area contributed by atoms with E-state index in [1.54, 1.807) is 18.2 Å². The summed E-state index contributed by atoms with van der Waals surface area (Å²) >= 11 is 0. The number of halogens is 2. The molecule has 142 valence electrons. The molecular weight excluding hydrogens is 354 g/mol. The summed E-state index contributed by atoms with van der Waals surface area (Å²) < 4.78 is 26.5. The summed E-state index contributed by atoms with van der Waals surface area (Å²) in [5.41, 5.74) is 1.41. The number of hydrogen-bond donors (Lipinski definition) is 2. The van der Waals surface area contributed by atoms with Crippen molar-refractivity contribution >= 4 is 17.6 Å². The molecule has 1 saturated heterocycles. The van der Waals surface area contributed by atoms with Gasteiger partial charge in [-0.2, -0.15) is 0 Å². The molecule has 0 aromatic heterocycles. The van der Waals surface area contributed by atoms with Crippen LogP contribution in [0.5, 0.6) is 0 Å². The van der Waals surface area contributed by atoms with Gasteiger partial charge in [0, 0.05) is 23.9 Å². The van der Waals surface area contributed by atoms with Gasteiger partial charge in [-0.3, -0.25) is 14.5 Å². The third-order valence-corrected chi connectivity index (χ3v) is 4.65. The molecule has 1 amide bonds. The van der Waals surface area contributed by atoms with E-state index in [9.17, 15) is 18.4 Å². The number of nitrogens with zero attached hydrogens (tertiary/aromatic N) is 1. The number of amides is 1. The van der Waals surface area contributed by atoms with Crippen molar-refractivity contribution in [3.05, 3.63) is 65.2 Å². The van der Waals surface area contributed by atoms with Gasteiger partial charge in [-0.25, -0.2) is 8.78 Å². The maximum Gasteiger partial charge on any atom is 0.306 e. The predicted octanol–water partition coefficient (Wildman–Crippen LogP) is 3.51. The van der Waals surface area contributed by atoms with Gasteiger partial charge < -0.3 is 10.4 Å². The number of anilines is 1. The lowest BCUT2D eigenvalue weighted by Gasteiger charge is -2.30. The lowest BCUT2D eigenvalue weighted by molar-refractivity contribution is -0.143. The quantitative estimate of drug-likeness (QED) is 0.840. The van der Waals surface area contributed by atoms with Crippen molar-refractivity contribution in [2.24, 2.45) is 5.92 Å². The average molecular weight is 374 g/mol. The van der Waals surface area contributed by atoms with Gasteiger partial charge in [-0.1, -0.05) is 12.1 Å². The highest BCUT2D eigenvalue weighted by molar-refractivity contribution is 6.04. The first-order valence-corrected chi connectivity index (χ1v) is 8.72. The molecule has 27 heavy (non-hydrogen) atoms. The van der Waals surface area contributed by atoms with E-state index >= 15 is 0 Å². The topological polar surface area (TPSA) is 69.6 Å². The van der Waals surface area contributed by atoms with Crippen LogP contribution in [0.2, 0.25) is 0 Å². The number of carbonyl (C=O) groups is 2. The summed E-state index contributed by atoms with van der Waals surface area (Å²) in [6, 6.07) is 9.89. The molecule has 0 atom stereocenters. The molecule has 1 heterocycles. The lowest BCUT2D eigenvalue weighted by atomic mass is 9.97. The molecule has 1 aliphatic heterocycles. The highest BCUT2D eigenvalue weighted by Crippen LogP contribution is 2.20. The smallest absolute Gasteiger partial charge is 0.306 e. The second kappa shape index (κ2) is 8.26. The van der Waals surface area contributed by atoms with E-state index in [4.69, 9.17) is 5.11 Å². The Kier molecular flexibility index (Phi) is 5.81. The van der Waals surface area contributed by atoms with Crippen molar-refractivity contribution in [1.29, 1.82) is 0 Å². The Morgan fingerprint density at radius 1 is 1.07 bits per heavy atom. The molecule has 0 spiro atoms. The number of carboxylic acid groups (broad SMARTS) is 1. The molecule has 5 nitrogen and oxygen atoms in total. The van der Waals surface area contributed by atoms with Gasteiger partial charge in [0.05, 0.1) is 5.92 Å². The fourth-order valence-corrected chi connectivity index (χ4v) is 3.23. The van der Waals surface area contributed by atoms with Gasteiger partial charge in [0.25, 0.3) is 5.91 Å². The number of benzene rings is 2. The Morgan fingerprint density at radius 2 is 1.74 bits per heavy atom. The van der Waals surface area contributed by atoms with Crippen LogP contribution < -0.4 is 5.32 Å². The van der Waals surface area contributed by atoms with Crippen LogP contribution in [-0.2, 0) is 11.3 Å². The van der Waals surface area contributed by atoms with Gasteiger partial charge in [0.1, 0.15) is 11.6 Å². The van der Waals surface area contributed by atoms with E-state index in [0.717, 1.165) is 17.7 Å². The molecule has 0 unspecified atom stereocenters. The van der Waals surface area contributed by atoms with E-state index in [1.807, 2.05) is 6.07 Å². The van der Waals surface area contributed by atoms with Gasteiger partial charge in [-0.15, -0.1) is 0 Å². The molecule has 7 heteroatoms. The minimum atomic E-state index is -0.807. The summed E-state index contributed by atoms with van der Waals surface area (Å²) in [6.07, 6.45) is 1.24. The average Bonchev–Trinajstić information content (AvgIpc) is 2.61. The molecule has 1 fully saturated rings. The van der Waals surface area contributed by atoms with E-state index < -0.39 is 23.5 Å². The molecule has 2 N–H and O–H groups in total. The number of likely N-dealkylation sites (tertiary alicyclic amines) is 1. The zero-order chi connectivity index (χ0) is 19.4. The predicted molar refractivity (Wildman–Crippen MR) is 96.4 cm³/mol. The number of aliphatic carboxylic acids is 1. The van der Waals surface area contributed by atoms with E-state index in [2.05, 4.69) is 10.2 Å². The van der Waals surface area contributed by atoms with Gasteiger partial charge in [-0.05, 0) is 55.8 Å². The van der Waals surface area contributed by atoms with Crippen LogP contribution in [0, 0.1) is 17.6 Å². The van der Waals surface area contributed by atoms with Crippen LogP contribution in [-0.4, -0.2) is 35.0 Å². The number of nitrogens with one attached hydrogen (secondary N) is 1. The fraction of sp³-hybridized carbons (Fsp3) is 0.300. The minimum Gasteiger partial charge on any atom is -0.481 e. The van der Waals surface area contributed by atoms with Gasteiger partial charge >= 0.3 is 5.97 Å². The molecule has 0 radical (unpaired) electrons. The summed E-state index contributed by atoms with van der Waals surface area (Å²) in [7, 11) is 0. The fourth-order valence-electron chi connectivity index (χ4n) is 3.23. The monoisotopic (exact) mass is 374 g/mol. The second-order valence-electron chi connectivity index (χ2n) is 6.70. The molecule has 0 aliphatic carbocycles. The number of carbonyl (C=O) groups excluding carboxylic acids is 1. The maximum atomic E-state index is 13.3. The number of hydrogen-bond acceptors (Lipinski definition) is 3. The van der Waals surface area contributed by atoms with Crippen molar-refractivity contribution in [1.82, 2.24) is 4.90 Å². The molecule has 1 aliphatic rings. The first-order valence-electron chi connectivity index (χ1n) is 8.72. The van der Waals surface area contributed by atoms with Crippen LogP contribution in [0.25, 0.3) is 0 Å². The molecule has 2 aromatic rings. The van der Waals surface area contributed by atoms with Crippen molar-refractivity contribution in [3.8, 4) is 0 Å². The third kappa shape index (κ3) is 5.10. The van der Waals surface area contributed by atoms with Crippen molar-refractivity contribution in [2.45, 2.75) is 19.4 Å². The molecule has 3 rings (SSSR count). The van der Waals surface area contributed by atoms with Crippen LogP contribution >= 0.6 is 0 Å². The standard InChI is InChI=1S/C20H20F2N2O3/c21-16-9-15(10-17(22)11-16)19(25)23-18-3-1-2-13(8-18)12-24-6-4-14(5-7-24)20(26)27/h1-3,8-11,14H,4-7,12H2,(H,23,25)(H,26,27). The van der Waals surface area contributed by atoms with Crippen LogP contribution in [0.1, 0.15) is 28.8 Å². The minimum absolute atomic E-state index is 0.0892. The first-order chi connectivity index (χ1) is 12.9. The zero-order valence-electron chi connectivity index (χ0n) is 14.6. The van der Waals surface area contributed by atoms with Crippen molar-refractivity contribution < 1.29 is 23.5 Å². The summed E-state index contributed by atoms with van der Waals surface area (Å²) in [6.45, 7) is 2.05. The van der Waals surface area contributed by atoms with Crippen LogP contribution in [0.3, 0.4) is 0 Å². The summed E-state index contributed by atoms with van der Waals surface area (Å²) in [5, 5.41) is 11.7. The Hall–Kier alpha value is -2.80. The number of piperidine rings is 1. The first kappa shape index (κ1) is 19.0. The van der Waals surface area contributed by atoms with Gasteiger partial charge in [0.15, 0.2) is 0 Å². The molecule has 2 aromatic carbocycles. The van der Waals surface area contributed by atoms with E-state index in [0.29, 0.717) is 44.2 Å². The maximum absolute atomic E-state index is 13.3. The van der Waals surface area contributed by atoms with E-state index in [-0.39, 0.29) is 11.5 Å². The molecule has 0 saturated carbocycles. The Morgan fingerprint density at radius 3 is 2.37 bits per heavy atom. The molecular formula is C20H20F2N2O3. The highest BCUT2D eigenvalue weighted by Gasteiger charge is 2.24. The Bertz CT molecular complexity index is 829. The Labute approximate surface area is 155 Å². The second-order valence-corrected chi connectivity index (χ2v) is 6.70. The normalized spacial score (nSPS) is 15.5. The van der Waals surface area contributed by atoms with Gasteiger partial charge in [0.2, 0.25) is 0 Å². The highest BCUT2D eigenvalue weighted by atomic mass is 19.1. The van der Waals surface area contributed by atoms with Crippen molar-refractivity contribution in [3.63, 3.8) is 0 Å². The largest absolute Gasteiger partial charge is 0.481 e.